The quantitative estimate of drug-likeness (QED) is 0.605. The molecule has 0 aliphatic heterocycles. The first kappa shape index (κ1) is 16.5. The summed E-state index contributed by atoms with van der Waals surface area (Å²) in [5.74, 6) is 0. The fourth-order valence-electron chi connectivity index (χ4n) is 2.44. The summed E-state index contributed by atoms with van der Waals surface area (Å²) in [5, 5.41) is 0.726. The maximum atomic E-state index is 6.08. The van der Waals surface area contributed by atoms with Gasteiger partial charge in [-0.25, -0.2) is 4.98 Å². The average molecular weight is 339 g/mol. The molecule has 3 aromatic rings. The topological polar surface area (TPSA) is 27.1 Å². The maximum Gasteiger partial charge on any atom is 0.101 e. The molecule has 0 saturated carbocycles. The summed E-state index contributed by atoms with van der Waals surface area (Å²) in [5.41, 5.74) is 2.26. The highest BCUT2D eigenvalue weighted by Gasteiger charge is 2.12. The molecule has 1 atom stereocenters. The molecule has 24 heavy (non-hydrogen) atoms. The van der Waals surface area contributed by atoms with E-state index in [9.17, 15) is 0 Å². The highest BCUT2D eigenvalue weighted by atomic mass is 35.5. The van der Waals surface area contributed by atoms with Crippen molar-refractivity contribution >= 4 is 17.7 Å². The number of nitrogens with zero attached hydrogens (tertiary/aromatic N) is 2. The van der Waals surface area contributed by atoms with E-state index in [0.717, 1.165) is 10.6 Å². The third-order valence-electron chi connectivity index (χ3n) is 3.68. The molecule has 0 N–H and O–H groups in total. The zero-order valence-corrected chi connectivity index (χ0v) is 14.0. The number of ether oxygens (including phenoxy) is 1. The summed E-state index contributed by atoms with van der Waals surface area (Å²) in [7, 11) is 0. The summed E-state index contributed by atoms with van der Waals surface area (Å²) in [4.78, 5) is 4.09. The summed E-state index contributed by atoms with van der Waals surface area (Å²) in [6.07, 6.45) is 9.55. The molecule has 0 amide bonds. The molecular formula is C20H19ClN2O. The number of hydrogen-bond acceptors (Lipinski definition) is 2. The lowest BCUT2D eigenvalue weighted by atomic mass is 10.1. The SMILES string of the molecule is Clc1ccc(C(Cn2ccnc2)OC/C=C/c2ccccc2)cc1. The second-order valence-electron chi connectivity index (χ2n) is 5.45. The normalized spacial score (nSPS) is 12.5. The molecule has 0 aliphatic rings. The Hall–Kier alpha value is -2.36. The van der Waals surface area contributed by atoms with Crippen molar-refractivity contribution in [3.05, 3.63) is 95.5 Å². The Bertz CT molecular complexity index is 752. The van der Waals surface area contributed by atoms with Gasteiger partial charge in [-0.3, -0.25) is 0 Å². The molecule has 2 aromatic carbocycles. The molecule has 1 heterocycles. The Morgan fingerprint density at radius 1 is 1.08 bits per heavy atom. The van der Waals surface area contributed by atoms with Crippen LogP contribution in [-0.4, -0.2) is 16.2 Å². The van der Waals surface area contributed by atoms with Gasteiger partial charge in [-0.05, 0) is 23.3 Å². The van der Waals surface area contributed by atoms with Crippen LogP contribution in [0.4, 0.5) is 0 Å². The minimum atomic E-state index is -0.0584. The van der Waals surface area contributed by atoms with Crippen molar-refractivity contribution in [3.8, 4) is 0 Å². The van der Waals surface area contributed by atoms with Crippen LogP contribution in [-0.2, 0) is 11.3 Å². The van der Waals surface area contributed by atoms with Gasteiger partial charge < -0.3 is 9.30 Å². The van der Waals surface area contributed by atoms with Crippen LogP contribution < -0.4 is 0 Å². The highest BCUT2D eigenvalue weighted by molar-refractivity contribution is 6.30. The third kappa shape index (κ3) is 4.82. The van der Waals surface area contributed by atoms with E-state index < -0.39 is 0 Å². The second kappa shape index (κ2) is 8.48. The predicted molar refractivity (Wildman–Crippen MR) is 97.8 cm³/mol. The minimum Gasteiger partial charge on any atom is -0.368 e. The van der Waals surface area contributed by atoms with Gasteiger partial charge in [0, 0.05) is 17.4 Å². The van der Waals surface area contributed by atoms with Gasteiger partial charge in [-0.2, -0.15) is 0 Å². The molecule has 0 fully saturated rings. The number of imidazole rings is 1. The van der Waals surface area contributed by atoms with E-state index in [4.69, 9.17) is 16.3 Å². The Morgan fingerprint density at radius 2 is 1.88 bits per heavy atom. The van der Waals surface area contributed by atoms with E-state index in [1.165, 1.54) is 5.56 Å². The van der Waals surface area contributed by atoms with Gasteiger partial charge in [0.25, 0.3) is 0 Å². The number of benzene rings is 2. The van der Waals surface area contributed by atoms with E-state index >= 15 is 0 Å². The van der Waals surface area contributed by atoms with Crippen molar-refractivity contribution in [2.75, 3.05) is 6.61 Å². The molecule has 0 spiro atoms. The van der Waals surface area contributed by atoms with Crippen LogP contribution in [0.25, 0.3) is 6.08 Å². The fourth-order valence-corrected chi connectivity index (χ4v) is 2.56. The number of hydrogen-bond donors (Lipinski definition) is 0. The highest BCUT2D eigenvalue weighted by Crippen LogP contribution is 2.22. The Labute approximate surface area is 147 Å². The zero-order valence-electron chi connectivity index (χ0n) is 13.3. The van der Waals surface area contributed by atoms with Gasteiger partial charge >= 0.3 is 0 Å². The molecule has 4 heteroatoms. The first-order chi connectivity index (χ1) is 11.8. The standard InChI is InChI=1S/C20H19ClN2O/c21-19-10-8-18(9-11-19)20(15-23-13-12-22-16-23)24-14-4-7-17-5-2-1-3-6-17/h1-13,16,20H,14-15H2/b7-4+. The van der Waals surface area contributed by atoms with Crippen LogP contribution in [0.5, 0.6) is 0 Å². The lowest BCUT2D eigenvalue weighted by Crippen LogP contribution is -2.12. The molecule has 1 unspecified atom stereocenters. The van der Waals surface area contributed by atoms with Crippen LogP contribution in [0.3, 0.4) is 0 Å². The molecule has 1 aromatic heterocycles. The van der Waals surface area contributed by atoms with Crippen molar-refractivity contribution < 1.29 is 4.74 Å². The number of aromatic nitrogens is 2. The summed E-state index contributed by atoms with van der Waals surface area (Å²) in [6.45, 7) is 1.25. The Kier molecular flexibility index (Phi) is 5.83. The second-order valence-corrected chi connectivity index (χ2v) is 5.88. The largest absolute Gasteiger partial charge is 0.368 e. The van der Waals surface area contributed by atoms with Gasteiger partial charge in [-0.1, -0.05) is 66.2 Å². The van der Waals surface area contributed by atoms with Crippen molar-refractivity contribution in [3.63, 3.8) is 0 Å². The molecule has 3 rings (SSSR count). The van der Waals surface area contributed by atoms with Crippen molar-refractivity contribution in [1.29, 1.82) is 0 Å². The lowest BCUT2D eigenvalue weighted by Gasteiger charge is -2.18. The molecule has 0 saturated heterocycles. The van der Waals surface area contributed by atoms with Crippen LogP contribution in [0, 0.1) is 0 Å². The van der Waals surface area contributed by atoms with E-state index in [2.05, 4.69) is 23.2 Å². The molecular weight excluding hydrogens is 320 g/mol. The van der Waals surface area contributed by atoms with Gasteiger partial charge in [0.15, 0.2) is 0 Å². The summed E-state index contributed by atoms with van der Waals surface area (Å²) < 4.78 is 8.10. The van der Waals surface area contributed by atoms with Crippen molar-refractivity contribution in [2.45, 2.75) is 12.6 Å². The summed E-state index contributed by atoms with van der Waals surface area (Å²) >= 11 is 5.99. The van der Waals surface area contributed by atoms with E-state index in [0.29, 0.717) is 13.2 Å². The monoisotopic (exact) mass is 338 g/mol. The zero-order chi connectivity index (χ0) is 16.6. The van der Waals surface area contributed by atoms with Crippen molar-refractivity contribution in [1.82, 2.24) is 9.55 Å². The molecule has 0 bridgehead atoms. The van der Waals surface area contributed by atoms with Crippen LogP contribution in [0.15, 0.2) is 79.4 Å². The van der Waals surface area contributed by atoms with E-state index in [1.54, 1.807) is 12.5 Å². The Balaban J connectivity index is 1.65. The number of rotatable bonds is 7. The van der Waals surface area contributed by atoms with E-state index in [1.807, 2.05) is 59.3 Å². The predicted octanol–water partition coefficient (Wildman–Crippen LogP) is 5.01. The third-order valence-corrected chi connectivity index (χ3v) is 3.93. The first-order valence-electron chi connectivity index (χ1n) is 7.85. The molecule has 0 radical (unpaired) electrons. The first-order valence-corrected chi connectivity index (χ1v) is 8.23. The van der Waals surface area contributed by atoms with Gasteiger partial charge in [-0.15, -0.1) is 0 Å². The molecule has 0 aliphatic carbocycles. The van der Waals surface area contributed by atoms with Crippen LogP contribution in [0.1, 0.15) is 17.2 Å². The van der Waals surface area contributed by atoms with Crippen LogP contribution in [0.2, 0.25) is 5.02 Å². The minimum absolute atomic E-state index is 0.0584. The number of halogens is 1. The Morgan fingerprint density at radius 3 is 2.58 bits per heavy atom. The summed E-state index contributed by atoms with van der Waals surface area (Å²) in [6, 6.07) is 18.0. The van der Waals surface area contributed by atoms with Crippen molar-refractivity contribution in [2.24, 2.45) is 0 Å². The lowest BCUT2D eigenvalue weighted by molar-refractivity contribution is 0.0608. The molecule has 3 nitrogen and oxygen atoms in total. The average Bonchev–Trinajstić information content (AvgIpc) is 3.12. The fraction of sp³-hybridized carbons (Fsp3) is 0.150. The maximum absolute atomic E-state index is 6.08. The molecule has 122 valence electrons. The van der Waals surface area contributed by atoms with E-state index in [-0.39, 0.29) is 6.10 Å². The van der Waals surface area contributed by atoms with Crippen LogP contribution >= 0.6 is 11.6 Å². The van der Waals surface area contributed by atoms with Gasteiger partial charge in [0.2, 0.25) is 0 Å². The van der Waals surface area contributed by atoms with Gasteiger partial charge in [0.05, 0.1) is 19.5 Å². The smallest absolute Gasteiger partial charge is 0.101 e. The van der Waals surface area contributed by atoms with Gasteiger partial charge in [0.1, 0.15) is 6.10 Å².